The number of likely N-dealkylation sites (tertiary alicyclic amines) is 1. The van der Waals surface area contributed by atoms with Crippen LogP contribution < -0.4 is 10.1 Å². The molecule has 2 atom stereocenters. The zero-order valence-corrected chi connectivity index (χ0v) is 17.4. The lowest BCUT2D eigenvalue weighted by molar-refractivity contribution is -0.126. The quantitative estimate of drug-likeness (QED) is 0.785. The highest BCUT2D eigenvalue weighted by atomic mass is 16.6. The first-order valence-electron chi connectivity index (χ1n) is 10.6. The number of methoxy groups -OCH3 is 1. The molecule has 0 aromatic heterocycles. The van der Waals surface area contributed by atoms with Gasteiger partial charge in [-0.15, -0.1) is 0 Å². The van der Waals surface area contributed by atoms with Gasteiger partial charge in [0, 0.05) is 25.6 Å². The second-order valence-electron chi connectivity index (χ2n) is 8.26. The van der Waals surface area contributed by atoms with Crippen molar-refractivity contribution in [2.24, 2.45) is 11.8 Å². The van der Waals surface area contributed by atoms with Gasteiger partial charge in [-0.3, -0.25) is 4.79 Å². The van der Waals surface area contributed by atoms with Crippen molar-refractivity contribution in [1.82, 2.24) is 10.2 Å². The van der Waals surface area contributed by atoms with Gasteiger partial charge in [-0.25, -0.2) is 4.79 Å². The maximum Gasteiger partial charge on any atom is 0.410 e. The van der Waals surface area contributed by atoms with Gasteiger partial charge in [0.2, 0.25) is 5.91 Å². The predicted octanol–water partition coefficient (Wildman–Crippen LogP) is 3.44. The van der Waals surface area contributed by atoms with E-state index in [1.54, 1.807) is 23.1 Å². The van der Waals surface area contributed by atoms with Crippen molar-refractivity contribution in [3.05, 3.63) is 23.8 Å². The Kier molecular flexibility index (Phi) is 7.23. The topological polar surface area (TPSA) is 88.1 Å². The summed E-state index contributed by atoms with van der Waals surface area (Å²) in [5.74, 6) is 0.962. The summed E-state index contributed by atoms with van der Waals surface area (Å²) in [6.45, 7) is 3.67. The molecule has 2 amide bonds. The summed E-state index contributed by atoms with van der Waals surface area (Å²) >= 11 is 0. The molecule has 2 aliphatic rings. The van der Waals surface area contributed by atoms with E-state index in [1.807, 2.05) is 0 Å². The van der Waals surface area contributed by atoms with Crippen molar-refractivity contribution in [1.29, 1.82) is 0 Å². The maximum absolute atomic E-state index is 12.5. The van der Waals surface area contributed by atoms with Gasteiger partial charge in [-0.2, -0.15) is 0 Å². The fraction of sp³-hybridized carbons (Fsp3) is 0.636. The molecule has 1 saturated carbocycles. The molecular formula is C22H32N2O5. The van der Waals surface area contributed by atoms with Crippen molar-refractivity contribution in [2.75, 3.05) is 20.2 Å². The molecule has 1 saturated heterocycles. The molecule has 1 aliphatic heterocycles. The van der Waals surface area contributed by atoms with Gasteiger partial charge in [0.25, 0.3) is 0 Å². The minimum atomic E-state index is -0.237. The van der Waals surface area contributed by atoms with Gasteiger partial charge in [0.15, 0.2) is 11.5 Å². The first-order chi connectivity index (χ1) is 14.0. The average Bonchev–Trinajstić information content (AvgIpc) is 2.73. The van der Waals surface area contributed by atoms with E-state index in [0.29, 0.717) is 44.1 Å². The number of hydrogen-bond acceptors (Lipinski definition) is 5. The highest BCUT2D eigenvalue weighted by Gasteiger charge is 2.30. The number of piperidine rings is 1. The standard InChI is InChI=1S/C22H32N2O5/c1-15-4-3-5-18(12-15)29-22(27)24-10-8-17(9-11-24)21(26)23-14-16-6-7-19(25)20(13-16)28-2/h6-7,13,15,17-18,25H,3-5,8-12,14H2,1-2H3,(H,23,26)/t15-,18-/m0/s1. The lowest BCUT2D eigenvalue weighted by Gasteiger charge is -2.33. The summed E-state index contributed by atoms with van der Waals surface area (Å²) in [7, 11) is 1.49. The van der Waals surface area contributed by atoms with Gasteiger partial charge < -0.3 is 24.8 Å². The van der Waals surface area contributed by atoms with E-state index in [2.05, 4.69) is 12.2 Å². The summed E-state index contributed by atoms with van der Waals surface area (Å²) in [4.78, 5) is 26.6. The molecule has 1 heterocycles. The van der Waals surface area contributed by atoms with E-state index < -0.39 is 0 Å². The first kappa shape index (κ1) is 21.3. The van der Waals surface area contributed by atoms with E-state index in [0.717, 1.165) is 24.8 Å². The number of phenols is 1. The SMILES string of the molecule is COc1cc(CNC(=O)C2CCN(C(=O)O[C@H]3CCC[C@H](C)C3)CC2)ccc1O. The van der Waals surface area contributed by atoms with Crippen LogP contribution in [0.15, 0.2) is 18.2 Å². The molecule has 7 heteroatoms. The molecule has 0 spiro atoms. The van der Waals surface area contributed by atoms with Gasteiger partial charge in [-0.05, 0) is 55.7 Å². The molecular weight excluding hydrogens is 372 g/mol. The number of aromatic hydroxyl groups is 1. The van der Waals surface area contributed by atoms with Crippen molar-refractivity contribution in [3.63, 3.8) is 0 Å². The fourth-order valence-corrected chi connectivity index (χ4v) is 4.19. The second-order valence-corrected chi connectivity index (χ2v) is 8.26. The van der Waals surface area contributed by atoms with Crippen LogP contribution in [0, 0.1) is 11.8 Å². The number of hydrogen-bond donors (Lipinski definition) is 2. The third kappa shape index (κ3) is 5.78. The van der Waals surface area contributed by atoms with Crippen LogP contribution in [0.1, 0.15) is 51.0 Å². The summed E-state index contributed by atoms with van der Waals surface area (Å²) in [6, 6.07) is 5.01. The lowest BCUT2D eigenvalue weighted by atomic mass is 9.89. The van der Waals surface area contributed by atoms with E-state index in [9.17, 15) is 14.7 Å². The number of benzene rings is 1. The number of ether oxygens (including phenoxy) is 2. The van der Waals surface area contributed by atoms with Crippen molar-refractivity contribution in [2.45, 2.75) is 58.1 Å². The number of carbonyl (C=O) groups excluding carboxylic acids is 2. The molecule has 0 bridgehead atoms. The molecule has 29 heavy (non-hydrogen) atoms. The van der Waals surface area contributed by atoms with Crippen molar-refractivity contribution < 1.29 is 24.2 Å². The normalized spacial score (nSPS) is 22.8. The van der Waals surface area contributed by atoms with Gasteiger partial charge in [0.05, 0.1) is 7.11 Å². The van der Waals surface area contributed by atoms with Crippen LogP contribution in [0.4, 0.5) is 4.79 Å². The third-order valence-electron chi connectivity index (χ3n) is 5.99. The van der Waals surface area contributed by atoms with Crippen molar-refractivity contribution in [3.8, 4) is 11.5 Å². The average molecular weight is 405 g/mol. The molecule has 1 aromatic rings. The molecule has 160 valence electrons. The van der Waals surface area contributed by atoms with Crippen molar-refractivity contribution >= 4 is 12.0 Å². The van der Waals surface area contributed by atoms with Crippen LogP contribution in [-0.2, 0) is 16.1 Å². The first-order valence-corrected chi connectivity index (χ1v) is 10.6. The Labute approximate surface area is 172 Å². The fourth-order valence-electron chi connectivity index (χ4n) is 4.19. The predicted molar refractivity (Wildman–Crippen MR) is 109 cm³/mol. The highest BCUT2D eigenvalue weighted by Crippen LogP contribution is 2.28. The van der Waals surface area contributed by atoms with E-state index in [1.165, 1.54) is 13.5 Å². The number of amides is 2. The molecule has 3 rings (SSSR count). The Balaban J connectivity index is 1.41. The molecule has 2 N–H and O–H groups in total. The second kappa shape index (κ2) is 9.85. The van der Waals surface area contributed by atoms with Gasteiger partial charge in [0.1, 0.15) is 6.10 Å². The van der Waals surface area contributed by atoms with E-state index in [4.69, 9.17) is 9.47 Å². The van der Waals surface area contributed by atoms with Crippen LogP contribution in [-0.4, -0.2) is 48.3 Å². The number of nitrogens with zero attached hydrogens (tertiary/aromatic N) is 1. The van der Waals surface area contributed by atoms with Crippen LogP contribution in [0.3, 0.4) is 0 Å². The number of nitrogens with one attached hydrogen (secondary N) is 1. The van der Waals surface area contributed by atoms with Crippen LogP contribution in [0.2, 0.25) is 0 Å². The summed E-state index contributed by atoms with van der Waals surface area (Å²) in [5.41, 5.74) is 0.857. The minimum Gasteiger partial charge on any atom is -0.504 e. The summed E-state index contributed by atoms with van der Waals surface area (Å²) in [6.07, 6.45) is 5.32. The van der Waals surface area contributed by atoms with E-state index in [-0.39, 0.29) is 29.8 Å². The minimum absolute atomic E-state index is 0.00818. The molecule has 1 aliphatic carbocycles. The lowest BCUT2D eigenvalue weighted by Crippen LogP contribution is -2.44. The Morgan fingerprint density at radius 3 is 2.66 bits per heavy atom. The zero-order valence-electron chi connectivity index (χ0n) is 17.4. The van der Waals surface area contributed by atoms with Gasteiger partial charge >= 0.3 is 6.09 Å². The third-order valence-corrected chi connectivity index (χ3v) is 5.99. The molecule has 0 radical (unpaired) electrons. The number of rotatable bonds is 5. The molecule has 1 aromatic carbocycles. The number of phenolic OH excluding ortho intramolecular Hbond substituents is 1. The zero-order chi connectivity index (χ0) is 20.8. The van der Waals surface area contributed by atoms with Crippen LogP contribution in [0.25, 0.3) is 0 Å². The Hall–Kier alpha value is -2.44. The summed E-state index contributed by atoms with van der Waals surface area (Å²) in [5, 5.41) is 12.6. The van der Waals surface area contributed by atoms with E-state index >= 15 is 0 Å². The maximum atomic E-state index is 12.5. The summed E-state index contributed by atoms with van der Waals surface area (Å²) < 4.78 is 10.8. The molecule has 2 fully saturated rings. The van der Waals surface area contributed by atoms with Gasteiger partial charge in [-0.1, -0.05) is 19.4 Å². The Morgan fingerprint density at radius 1 is 1.21 bits per heavy atom. The smallest absolute Gasteiger partial charge is 0.410 e. The molecule has 7 nitrogen and oxygen atoms in total. The largest absolute Gasteiger partial charge is 0.504 e. The molecule has 0 unspecified atom stereocenters. The Bertz CT molecular complexity index is 715. The monoisotopic (exact) mass is 404 g/mol. The number of carbonyl (C=O) groups is 2. The van der Waals surface area contributed by atoms with Crippen LogP contribution >= 0.6 is 0 Å². The van der Waals surface area contributed by atoms with Crippen LogP contribution in [0.5, 0.6) is 11.5 Å². The Morgan fingerprint density at radius 2 is 1.97 bits per heavy atom. The highest BCUT2D eigenvalue weighted by molar-refractivity contribution is 5.79.